The summed E-state index contributed by atoms with van der Waals surface area (Å²) < 4.78 is 84.8. The number of rotatable bonds is 14. The minimum absolute atomic E-state index is 0.0211. The Morgan fingerprint density at radius 1 is 0.672 bits per heavy atom. The summed E-state index contributed by atoms with van der Waals surface area (Å²) in [6, 6.07) is 21.6. The Balaban J connectivity index is 0.000000232. The number of hydrogen-bond donors (Lipinski definition) is 3. The van der Waals surface area contributed by atoms with Crippen LogP contribution < -0.4 is 33.1 Å². The monoisotopic (exact) mass is 890 g/mol. The number of benzene rings is 2. The van der Waals surface area contributed by atoms with E-state index in [0.29, 0.717) is 34.1 Å². The number of nitriles is 1. The first-order valence-electron chi connectivity index (χ1n) is 17.1. The van der Waals surface area contributed by atoms with Crippen LogP contribution in [0.1, 0.15) is 11.4 Å². The maximum atomic E-state index is 12.0. The topological polar surface area (TPSA) is 273 Å². The van der Waals surface area contributed by atoms with Gasteiger partial charge in [0.1, 0.15) is 17.5 Å². The van der Waals surface area contributed by atoms with Crippen molar-refractivity contribution in [1.29, 1.82) is 10.7 Å². The van der Waals surface area contributed by atoms with Gasteiger partial charge in [-0.05, 0) is 48.5 Å². The first kappa shape index (κ1) is 44.7. The number of para-hydroxylation sites is 4. The Morgan fingerprint density at radius 3 is 1.67 bits per heavy atom. The second kappa shape index (κ2) is 19.6. The molecule has 0 bridgehead atoms. The summed E-state index contributed by atoms with van der Waals surface area (Å²) >= 11 is 6.30. The zero-order valence-corrected chi connectivity index (χ0v) is 35.4. The fraction of sp³-hybridized carbons (Fsp3) is 0.158. The average molecular weight is 891 g/mol. The molecule has 0 aliphatic rings. The first-order valence-corrected chi connectivity index (χ1v) is 21.3. The van der Waals surface area contributed by atoms with E-state index in [1.165, 1.54) is 53.0 Å². The van der Waals surface area contributed by atoms with E-state index in [9.17, 15) is 16.8 Å². The van der Waals surface area contributed by atoms with Crippen LogP contribution in [-0.2, 0) is 24.8 Å². The van der Waals surface area contributed by atoms with Gasteiger partial charge in [0.15, 0.2) is 51.4 Å². The Hall–Kier alpha value is -7.35. The van der Waals surface area contributed by atoms with Crippen LogP contribution in [0, 0.1) is 16.7 Å². The predicted octanol–water partition coefficient (Wildman–Crippen LogP) is 5.93. The average Bonchev–Trinajstić information content (AvgIpc) is 3.24. The molecule has 0 unspecified atom stereocenters. The van der Waals surface area contributed by atoms with E-state index in [2.05, 4.69) is 39.3 Å². The lowest BCUT2D eigenvalue weighted by Crippen LogP contribution is -2.13. The Kier molecular flexibility index (Phi) is 14.4. The SMILES string of the molecule is COC(=N)c1cc(-c2nc(NS(C)(=O)=O)c(Oc3ccccc3OC)c(OC)n2)ccn1.COc1ccccc1Oc1c(Cl)nc(-c2ccnc(C#N)c2)nc1NS(C)(=O)=O. The smallest absolute Gasteiger partial charge is 0.263 e. The van der Waals surface area contributed by atoms with Crippen LogP contribution in [0.15, 0.2) is 85.2 Å². The second-order valence-corrected chi connectivity index (χ2v) is 15.9. The number of nitrogens with zero attached hydrogens (tertiary/aromatic N) is 7. The van der Waals surface area contributed by atoms with Gasteiger partial charge in [-0.2, -0.15) is 10.2 Å². The highest BCUT2D eigenvalue weighted by Gasteiger charge is 2.24. The van der Waals surface area contributed by atoms with E-state index in [1.807, 2.05) is 6.07 Å². The van der Waals surface area contributed by atoms with Crippen LogP contribution >= 0.6 is 11.6 Å². The molecule has 0 saturated heterocycles. The fourth-order valence-corrected chi connectivity index (χ4v) is 6.16. The van der Waals surface area contributed by atoms with Gasteiger partial charge in [-0.15, -0.1) is 0 Å². The van der Waals surface area contributed by atoms with Gasteiger partial charge < -0.3 is 28.4 Å². The number of pyridine rings is 2. The van der Waals surface area contributed by atoms with Crippen LogP contribution in [-0.4, -0.2) is 93.6 Å². The number of sulfonamides is 2. The lowest BCUT2D eigenvalue weighted by atomic mass is 10.2. The summed E-state index contributed by atoms with van der Waals surface area (Å²) in [6.45, 7) is 0. The van der Waals surface area contributed by atoms with Crippen molar-refractivity contribution in [3.8, 4) is 69.2 Å². The second-order valence-electron chi connectivity index (χ2n) is 12.0. The maximum absolute atomic E-state index is 12.0. The minimum atomic E-state index is -3.73. The molecule has 3 N–H and O–H groups in total. The van der Waals surface area contributed by atoms with Gasteiger partial charge in [0.25, 0.3) is 5.88 Å². The molecule has 0 aliphatic heterocycles. The molecular formula is C38H35ClN10O10S2. The molecule has 0 saturated carbocycles. The van der Waals surface area contributed by atoms with Gasteiger partial charge in [0.2, 0.25) is 37.4 Å². The van der Waals surface area contributed by atoms with Gasteiger partial charge in [-0.3, -0.25) is 19.8 Å². The predicted molar refractivity (Wildman–Crippen MR) is 224 cm³/mol. The van der Waals surface area contributed by atoms with E-state index in [1.54, 1.807) is 60.7 Å². The van der Waals surface area contributed by atoms with E-state index in [-0.39, 0.29) is 63.1 Å². The van der Waals surface area contributed by atoms with Crippen LogP contribution in [0.4, 0.5) is 11.6 Å². The standard InChI is InChI=1S/C20H21N5O6S.C18H14ClN5O4S/c1-28-14-7-5-6-8-15(14)31-16-19(25-32(4,26)27)23-18(24-20(16)30-3)12-9-10-22-13(11-12)17(21)29-2;1-27-13-5-3-4-6-14(13)28-15-16(19)22-17(23-18(15)24-29(2,25)26)11-7-8-21-12(9-11)10-20/h5-11,21H,1-4H3,(H,23,24,25);3-9H,1-2H3,(H,22,23,24). The molecule has 316 valence electrons. The van der Waals surface area contributed by atoms with E-state index >= 15 is 0 Å². The van der Waals surface area contributed by atoms with Crippen molar-refractivity contribution in [1.82, 2.24) is 29.9 Å². The Labute approximate surface area is 355 Å². The summed E-state index contributed by atoms with van der Waals surface area (Å²) in [5.41, 5.74) is 1.28. The third-order valence-corrected chi connectivity index (χ3v) is 8.95. The number of halogens is 1. The lowest BCUT2D eigenvalue weighted by molar-refractivity contribution is 0.348. The van der Waals surface area contributed by atoms with Gasteiger partial charge in [-0.25, -0.2) is 36.8 Å². The maximum Gasteiger partial charge on any atom is 0.263 e. The van der Waals surface area contributed by atoms with Crippen LogP contribution in [0.5, 0.6) is 40.4 Å². The highest BCUT2D eigenvalue weighted by molar-refractivity contribution is 7.92. The van der Waals surface area contributed by atoms with Crippen LogP contribution in [0.25, 0.3) is 22.8 Å². The highest BCUT2D eigenvalue weighted by atomic mass is 35.5. The number of nitrogens with one attached hydrogen (secondary N) is 3. The van der Waals surface area contributed by atoms with Gasteiger partial charge >= 0.3 is 0 Å². The molecular weight excluding hydrogens is 856 g/mol. The third-order valence-electron chi connectivity index (χ3n) is 7.57. The molecule has 20 nitrogen and oxygen atoms in total. The minimum Gasteiger partial charge on any atom is -0.493 e. The lowest BCUT2D eigenvalue weighted by Gasteiger charge is -2.16. The van der Waals surface area contributed by atoms with Crippen LogP contribution in [0.2, 0.25) is 5.15 Å². The first-order chi connectivity index (χ1) is 29.1. The summed E-state index contributed by atoms with van der Waals surface area (Å²) in [4.78, 5) is 25.0. The van der Waals surface area contributed by atoms with Crippen molar-refractivity contribution in [2.45, 2.75) is 0 Å². The number of methoxy groups -OCH3 is 4. The molecule has 4 aromatic heterocycles. The summed E-state index contributed by atoms with van der Waals surface area (Å²) in [6.07, 6.45) is 4.82. The van der Waals surface area contributed by atoms with Crippen LogP contribution in [0.3, 0.4) is 0 Å². The quantitative estimate of drug-likeness (QED) is 0.0649. The van der Waals surface area contributed by atoms with E-state index in [4.69, 9.17) is 50.7 Å². The molecule has 4 heterocycles. The largest absolute Gasteiger partial charge is 0.493 e. The summed E-state index contributed by atoms with van der Waals surface area (Å²) in [5.74, 6) is 1.01. The molecule has 0 atom stereocenters. The molecule has 6 rings (SSSR count). The molecule has 0 fully saturated rings. The van der Waals surface area contributed by atoms with E-state index < -0.39 is 20.0 Å². The Morgan fingerprint density at radius 2 is 1.16 bits per heavy atom. The number of ether oxygens (including phenoxy) is 6. The molecule has 0 spiro atoms. The molecule has 0 aliphatic carbocycles. The van der Waals surface area contributed by atoms with Gasteiger partial charge in [0, 0.05) is 23.5 Å². The van der Waals surface area contributed by atoms with Gasteiger partial charge in [-0.1, -0.05) is 35.9 Å². The summed E-state index contributed by atoms with van der Waals surface area (Å²) in [7, 11) is -1.77. The number of aromatic nitrogens is 6. The zero-order chi connectivity index (χ0) is 44.3. The normalized spacial score (nSPS) is 10.9. The summed E-state index contributed by atoms with van der Waals surface area (Å²) in [5, 5.41) is 16.7. The van der Waals surface area contributed by atoms with Crippen molar-refractivity contribution in [3.63, 3.8) is 0 Å². The van der Waals surface area contributed by atoms with Gasteiger partial charge in [0.05, 0.1) is 41.0 Å². The zero-order valence-electron chi connectivity index (χ0n) is 33.0. The highest BCUT2D eigenvalue weighted by Crippen LogP contribution is 2.42. The number of anilines is 2. The third kappa shape index (κ3) is 11.9. The molecule has 0 radical (unpaired) electrons. The van der Waals surface area contributed by atoms with Crippen molar-refractivity contribution < 1.29 is 45.3 Å². The van der Waals surface area contributed by atoms with Crippen molar-refractivity contribution >= 4 is 49.2 Å². The molecule has 0 amide bonds. The molecule has 6 aromatic rings. The molecule has 2 aromatic carbocycles. The van der Waals surface area contributed by atoms with Crippen molar-refractivity contribution in [2.75, 3.05) is 50.4 Å². The molecule has 61 heavy (non-hydrogen) atoms. The Bertz CT molecular complexity index is 2850. The number of hydrogen-bond acceptors (Lipinski definition) is 18. The van der Waals surface area contributed by atoms with Crippen molar-refractivity contribution in [3.05, 3.63) is 102 Å². The van der Waals surface area contributed by atoms with E-state index in [0.717, 1.165) is 12.5 Å². The van der Waals surface area contributed by atoms with Crippen molar-refractivity contribution in [2.24, 2.45) is 0 Å². The molecule has 23 heteroatoms. The fourth-order valence-electron chi connectivity index (χ4n) is 4.98.